The van der Waals surface area contributed by atoms with Gasteiger partial charge < -0.3 is 5.11 Å². The van der Waals surface area contributed by atoms with Gasteiger partial charge in [-0.15, -0.1) is 0 Å². The van der Waals surface area contributed by atoms with Crippen LogP contribution < -0.4 is 0 Å². The topological polar surface area (TPSA) is 59.2 Å². The van der Waals surface area contributed by atoms with E-state index < -0.39 is 0 Å². The highest BCUT2D eigenvalue weighted by atomic mass is 16.6. The van der Waals surface area contributed by atoms with Crippen LogP contribution in [-0.2, 0) is 6.42 Å². The van der Waals surface area contributed by atoms with Gasteiger partial charge in [-0.05, 0) is 38.0 Å². The third-order valence-electron chi connectivity index (χ3n) is 3.95. The summed E-state index contributed by atoms with van der Waals surface area (Å²) in [5.74, 6) is 1.10. The summed E-state index contributed by atoms with van der Waals surface area (Å²) in [5.41, 5.74) is 1.76. The molecule has 0 saturated heterocycles. The minimum absolute atomic E-state index is 0.181. The highest BCUT2D eigenvalue weighted by Crippen LogP contribution is 2.34. The van der Waals surface area contributed by atoms with Crippen molar-refractivity contribution >= 4 is 0 Å². The minimum atomic E-state index is -0.181. The van der Waals surface area contributed by atoms with Gasteiger partial charge in [0.1, 0.15) is 11.4 Å². The highest BCUT2D eigenvalue weighted by molar-refractivity contribution is 5.06. The van der Waals surface area contributed by atoms with Crippen LogP contribution in [0, 0.1) is 18.8 Å². The number of hydrogen-bond donors (Lipinski definition) is 1. The van der Waals surface area contributed by atoms with Crippen LogP contribution in [0.1, 0.15) is 50.4 Å². The van der Waals surface area contributed by atoms with Gasteiger partial charge in [-0.1, -0.05) is 30.1 Å². The van der Waals surface area contributed by atoms with Crippen LogP contribution in [0.4, 0.5) is 0 Å². The van der Waals surface area contributed by atoms with Crippen molar-refractivity contribution in [2.45, 2.75) is 58.5 Å². The van der Waals surface area contributed by atoms with Crippen LogP contribution in [0.2, 0.25) is 0 Å². The van der Waals surface area contributed by atoms with Crippen LogP contribution in [0.3, 0.4) is 0 Å². The maximum Gasteiger partial charge on any atom is 0.108 e. The molecule has 3 atom stereocenters. The second-order valence-corrected chi connectivity index (χ2v) is 5.30. The largest absolute Gasteiger partial charge is 0.393 e. The molecule has 1 N–H and O–H groups in total. The van der Waals surface area contributed by atoms with Crippen molar-refractivity contribution in [2.24, 2.45) is 11.8 Å². The van der Waals surface area contributed by atoms with Gasteiger partial charge in [-0.2, -0.15) is 0 Å². The molecule has 17 heavy (non-hydrogen) atoms. The molecule has 4 nitrogen and oxygen atoms in total. The SMILES string of the molecule is CCCC1CCC(O)C(Cc2nonc2C)C1. The maximum absolute atomic E-state index is 10.1. The molecular formula is C13H22N2O2. The third kappa shape index (κ3) is 3.06. The Morgan fingerprint density at radius 1 is 1.35 bits per heavy atom. The number of hydrogen-bond acceptors (Lipinski definition) is 4. The van der Waals surface area contributed by atoms with Gasteiger partial charge in [0, 0.05) is 6.42 Å². The number of rotatable bonds is 4. The van der Waals surface area contributed by atoms with E-state index in [-0.39, 0.29) is 6.10 Å². The quantitative estimate of drug-likeness (QED) is 0.875. The summed E-state index contributed by atoms with van der Waals surface area (Å²) in [6.45, 7) is 4.14. The summed E-state index contributed by atoms with van der Waals surface area (Å²) in [6, 6.07) is 0. The number of aliphatic hydroxyl groups excluding tert-OH is 1. The number of aromatic nitrogens is 2. The Hall–Kier alpha value is -0.900. The van der Waals surface area contributed by atoms with Crippen LogP contribution in [0.5, 0.6) is 0 Å². The van der Waals surface area contributed by atoms with Gasteiger partial charge in [0.25, 0.3) is 0 Å². The molecule has 0 bridgehead atoms. The van der Waals surface area contributed by atoms with Gasteiger partial charge in [0.2, 0.25) is 0 Å². The van der Waals surface area contributed by atoms with Gasteiger partial charge in [0.05, 0.1) is 6.10 Å². The smallest absolute Gasteiger partial charge is 0.108 e. The number of nitrogens with zero attached hydrogens (tertiary/aromatic N) is 2. The predicted molar refractivity (Wildman–Crippen MR) is 64.5 cm³/mol. The summed E-state index contributed by atoms with van der Waals surface area (Å²) >= 11 is 0. The molecule has 96 valence electrons. The summed E-state index contributed by atoms with van der Waals surface area (Å²) in [6.07, 6.45) is 6.34. The van der Waals surface area contributed by atoms with E-state index in [9.17, 15) is 5.11 Å². The van der Waals surface area contributed by atoms with E-state index in [0.717, 1.165) is 36.6 Å². The minimum Gasteiger partial charge on any atom is -0.393 e. The zero-order valence-corrected chi connectivity index (χ0v) is 10.7. The lowest BCUT2D eigenvalue weighted by Gasteiger charge is -2.32. The normalized spacial score (nSPS) is 29.5. The van der Waals surface area contributed by atoms with E-state index in [1.54, 1.807) is 0 Å². The van der Waals surface area contributed by atoms with Gasteiger partial charge in [-0.25, -0.2) is 4.63 Å². The third-order valence-corrected chi connectivity index (χ3v) is 3.95. The Labute approximate surface area is 102 Å². The van der Waals surface area contributed by atoms with E-state index in [0.29, 0.717) is 5.92 Å². The summed E-state index contributed by atoms with van der Waals surface area (Å²) < 4.78 is 4.71. The standard InChI is InChI=1S/C13H22N2O2/c1-3-4-10-5-6-13(16)11(7-10)8-12-9(2)14-17-15-12/h10-11,13,16H,3-8H2,1-2H3. The summed E-state index contributed by atoms with van der Waals surface area (Å²) in [5, 5.41) is 17.8. The molecule has 0 aromatic carbocycles. The Balaban J connectivity index is 1.96. The lowest BCUT2D eigenvalue weighted by Crippen LogP contribution is -2.30. The summed E-state index contributed by atoms with van der Waals surface area (Å²) in [7, 11) is 0. The van der Waals surface area contributed by atoms with Gasteiger partial charge >= 0.3 is 0 Å². The van der Waals surface area contributed by atoms with E-state index >= 15 is 0 Å². The molecule has 1 aromatic rings. The second kappa shape index (κ2) is 5.63. The Morgan fingerprint density at radius 3 is 2.82 bits per heavy atom. The maximum atomic E-state index is 10.1. The molecule has 2 rings (SSSR count). The average molecular weight is 238 g/mol. The molecule has 4 heteroatoms. The van der Waals surface area contributed by atoms with Crippen LogP contribution in [0.25, 0.3) is 0 Å². The van der Waals surface area contributed by atoms with E-state index in [2.05, 4.69) is 17.2 Å². The van der Waals surface area contributed by atoms with Crippen LogP contribution >= 0.6 is 0 Å². The molecule has 1 heterocycles. The zero-order chi connectivity index (χ0) is 12.3. The molecule has 0 aliphatic heterocycles. The molecular weight excluding hydrogens is 216 g/mol. The van der Waals surface area contributed by atoms with Gasteiger partial charge in [-0.3, -0.25) is 0 Å². The van der Waals surface area contributed by atoms with Crippen molar-refractivity contribution in [1.29, 1.82) is 0 Å². The van der Waals surface area contributed by atoms with Crippen molar-refractivity contribution < 1.29 is 9.74 Å². The zero-order valence-electron chi connectivity index (χ0n) is 10.7. The number of aryl methyl sites for hydroxylation is 1. The molecule has 1 aromatic heterocycles. The fourth-order valence-electron chi connectivity index (χ4n) is 2.92. The highest BCUT2D eigenvalue weighted by Gasteiger charge is 2.30. The van der Waals surface area contributed by atoms with Crippen molar-refractivity contribution in [2.75, 3.05) is 0 Å². The molecule has 3 unspecified atom stereocenters. The average Bonchev–Trinajstić information content (AvgIpc) is 2.70. The van der Waals surface area contributed by atoms with Crippen LogP contribution in [0.15, 0.2) is 4.63 Å². The van der Waals surface area contributed by atoms with Crippen molar-refractivity contribution in [3.05, 3.63) is 11.4 Å². The first-order chi connectivity index (χ1) is 8.20. The molecule has 1 aliphatic rings. The van der Waals surface area contributed by atoms with E-state index in [4.69, 9.17) is 4.63 Å². The van der Waals surface area contributed by atoms with Crippen molar-refractivity contribution in [3.8, 4) is 0 Å². The molecule has 1 fully saturated rings. The monoisotopic (exact) mass is 238 g/mol. The molecule has 0 amide bonds. The first-order valence-electron chi connectivity index (χ1n) is 6.66. The fourth-order valence-corrected chi connectivity index (χ4v) is 2.92. The molecule has 1 saturated carbocycles. The van der Waals surface area contributed by atoms with Crippen LogP contribution in [-0.4, -0.2) is 21.5 Å². The van der Waals surface area contributed by atoms with E-state index in [1.165, 1.54) is 19.3 Å². The molecule has 0 spiro atoms. The molecule has 0 radical (unpaired) electrons. The Bertz CT molecular complexity index is 351. The van der Waals surface area contributed by atoms with Gasteiger partial charge in [0.15, 0.2) is 0 Å². The first kappa shape index (κ1) is 12.6. The van der Waals surface area contributed by atoms with E-state index in [1.807, 2.05) is 6.92 Å². The Kier molecular flexibility index (Phi) is 4.15. The number of aliphatic hydroxyl groups is 1. The first-order valence-corrected chi connectivity index (χ1v) is 6.66. The van der Waals surface area contributed by atoms with Crippen molar-refractivity contribution in [1.82, 2.24) is 10.3 Å². The van der Waals surface area contributed by atoms with Crippen molar-refractivity contribution in [3.63, 3.8) is 0 Å². The lowest BCUT2D eigenvalue weighted by atomic mass is 9.76. The Morgan fingerprint density at radius 2 is 2.18 bits per heavy atom. The lowest BCUT2D eigenvalue weighted by molar-refractivity contribution is 0.0454. The molecule has 1 aliphatic carbocycles. The summed E-state index contributed by atoms with van der Waals surface area (Å²) in [4.78, 5) is 0. The second-order valence-electron chi connectivity index (χ2n) is 5.30. The fraction of sp³-hybridized carbons (Fsp3) is 0.846. The predicted octanol–water partition coefficient (Wildman–Crippen LogP) is 2.50.